The van der Waals surface area contributed by atoms with E-state index in [-0.39, 0.29) is 12.4 Å². The number of nitrogens with one attached hydrogen (secondary N) is 1. The summed E-state index contributed by atoms with van der Waals surface area (Å²) < 4.78 is 27.7. The molecule has 6 heteroatoms. The standard InChI is InChI=1S/C12H17NO4S/c1-10-3-5-11(6-4-10)13-12(14)9-18(15,16)8-7-17-2/h3-6H,7-9H2,1-2H3,(H,13,14). The van der Waals surface area contributed by atoms with Gasteiger partial charge in [-0.1, -0.05) is 17.7 Å². The van der Waals surface area contributed by atoms with Crippen LogP contribution in [0.5, 0.6) is 0 Å². The van der Waals surface area contributed by atoms with Gasteiger partial charge in [0.15, 0.2) is 9.84 Å². The Labute approximate surface area is 107 Å². The number of aryl methyl sites for hydroxylation is 1. The molecule has 0 aliphatic rings. The molecule has 1 aromatic rings. The number of anilines is 1. The van der Waals surface area contributed by atoms with E-state index >= 15 is 0 Å². The summed E-state index contributed by atoms with van der Waals surface area (Å²) in [7, 11) is -1.99. The van der Waals surface area contributed by atoms with Crippen LogP contribution in [0.4, 0.5) is 5.69 Å². The zero-order valence-electron chi connectivity index (χ0n) is 10.5. The van der Waals surface area contributed by atoms with Gasteiger partial charge in [-0.25, -0.2) is 8.42 Å². The molecule has 0 bridgehead atoms. The minimum atomic E-state index is -3.41. The topological polar surface area (TPSA) is 72.5 Å². The number of hydrogen-bond donors (Lipinski definition) is 1. The van der Waals surface area contributed by atoms with Gasteiger partial charge < -0.3 is 10.1 Å². The SMILES string of the molecule is COCCS(=O)(=O)CC(=O)Nc1ccc(C)cc1. The van der Waals surface area contributed by atoms with E-state index in [0.717, 1.165) is 5.56 Å². The minimum Gasteiger partial charge on any atom is -0.384 e. The van der Waals surface area contributed by atoms with Crippen LogP contribution in [0.3, 0.4) is 0 Å². The van der Waals surface area contributed by atoms with Gasteiger partial charge in [0.25, 0.3) is 0 Å². The van der Waals surface area contributed by atoms with Crippen LogP contribution in [-0.2, 0) is 19.4 Å². The second kappa shape index (κ2) is 6.51. The van der Waals surface area contributed by atoms with Gasteiger partial charge in [-0.15, -0.1) is 0 Å². The van der Waals surface area contributed by atoms with E-state index in [1.165, 1.54) is 7.11 Å². The molecule has 0 saturated carbocycles. The third-order valence-electron chi connectivity index (χ3n) is 2.28. The summed E-state index contributed by atoms with van der Waals surface area (Å²) >= 11 is 0. The lowest BCUT2D eigenvalue weighted by molar-refractivity contribution is -0.113. The lowest BCUT2D eigenvalue weighted by atomic mass is 10.2. The van der Waals surface area contributed by atoms with Crippen LogP contribution < -0.4 is 5.32 Å². The molecule has 1 amide bonds. The molecule has 0 aliphatic carbocycles. The summed E-state index contributed by atoms with van der Waals surface area (Å²) in [5, 5.41) is 2.54. The van der Waals surface area contributed by atoms with Gasteiger partial charge in [-0.3, -0.25) is 4.79 Å². The van der Waals surface area contributed by atoms with Crippen LogP contribution in [0.15, 0.2) is 24.3 Å². The summed E-state index contributed by atoms with van der Waals surface area (Å²) in [6, 6.07) is 7.15. The van der Waals surface area contributed by atoms with Gasteiger partial charge >= 0.3 is 0 Å². The van der Waals surface area contributed by atoms with Gasteiger partial charge in [0.1, 0.15) is 5.75 Å². The lowest BCUT2D eigenvalue weighted by Crippen LogP contribution is -2.26. The highest BCUT2D eigenvalue weighted by atomic mass is 32.2. The molecule has 0 fully saturated rings. The van der Waals surface area contributed by atoms with E-state index in [0.29, 0.717) is 5.69 Å². The maximum Gasteiger partial charge on any atom is 0.239 e. The van der Waals surface area contributed by atoms with Gasteiger partial charge in [0.05, 0.1) is 12.4 Å². The Morgan fingerprint density at radius 1 is 1.28 bits per heavy atom. The van der Waals surface area contributed by atoms with E-state index in [9.17, 15) is 13.2 Å². The molecule has 0 saturated heterocycles. The first-order valence-corrected chi connectivity index (χ1v) is 7.31. The summed E-state index contributed by atoms with van der Waals surface area (Å²) in [5.41, 5.74) is 1.66. The van der Waals surface area contributed by atoms with Crippen molar-refractivity contribution in [3.8, 4) is 0 Å². The van der Waals surface area contributed by atoms with E-state index in [4.69, 9.17) is 0 Å². The predicted molar refractivity (Wildman–Crippen MR) is 70.3 cm³/mol. The fourth-order valence-electron chi connectivity index (χ4n) is 1.32. The number of benzene rings is 1. The van der Waals surface area contributed by atoms with Crippen molar-refractivity contribution in [1.82, 2.24) is 0 Å². The Bertz CT molecular complexity index is 493. The monoisotopic (exact) mass is 271 g/mol. The van der Waals surface area contributed by atoms with E-state index in [1.807, 2.05) is 19.1 Å². The van der Waals surface area contributed by atoms with Gasteiger partial charge in [0, 0.05) is 12.8 Å². The van der Waals surface area contributed by atoms with Crippen LogP contribution in [-0.4, -0.2) is 39.5 Å². The molecular formula is C12H17NO4S. The largest absolute Gasteiger partial charge is 0.384 e. The highest BCUT2D eigenvalue weighted by molar-refractivity contribution is 7.92. The average Bonchev–Trinajstić information content (AvgIpc) is 2.29. The molecule has 18 heavy (non-hydrogen) atoms. The third-order valence-corrected chi connectivity index (χ3v) is 3.78. The van der Waals surface area contributed by atoms with Crippen molar-refractivity contribution in [3.05, 3.63) is 29.8 Å². The zero-order chi connectivity index (χ0) is 13.6. The fraction of sp³-hybridized carbons (Fsp3) is 0.417. The fourth-order valence-corrected chi connectivity index (χ4v) is 2.35. The molecule has 100 valence electrons. The van der Waals surface area contributed by atoms with Crippen molar-refractivity contribution in [3.63, 3.8) is 0 Å². The summed E-state index contributed by atoms with van der Waals surface area (Å²) in [6.07, 6.45) is 0. The predicted octanol–water partition coefficient (Wildman–Crippen LogP) is 0.995. The normalized spacial score (nSPS) is 11.2. The Morgan fingerprint density at radius 3 is 2.44 bits per heavy atom. The molecule has 0 spiro atoms. The minimum absolute atomic E-state index is 0.0974. The summed E-state index contributed by atoms with van der Waals surface area (Å²) in [5.74, 6) is -1.20. The van der Waals surface area contributed by atoms with Crippen LogP contribution in [0.2, 0.25) is 0 Å². The first-order chi connectivity index (χ1) is 8.43. The molecule has 1 aromatic carbocycles. The Balaban J connectivity index is 2.54. The molecule has 0 aromatic heterocycles. The molecule has 0 unspecified atom stereocenters. The van der Waals surface area contributed by atoms with Crippen molar-refractivity contribution in [2.45, 2.75) is 6.92 Å². The number of sulfone groups is 1. The van der Waals surface area contributed by atoms with E-state index in [2.05, 4.69) is 10.1 Å². The van der Waals surface area contributed by atoms with Crippen molar-refractivity contribution in [2.24, 2.45) is 0 Å². The van der Waals surface area contributed by atoms with Crippen LogP contribution >= 0.6 is 0 Å². The molecule has 5 nitrogen and oxygen atoms in total. The van der Waals surface area contributed by atoms with Crippen molar-refractivity contribution in [1.29, 1.82) is 0 Å². The van der Waals surface area contributed by atoms with Crippen molar-refractivity contribution >= 4 is 21.4 Å². The van der Waals surface area contributed by atoms with Crippen LogP contribution in [0, 0.1) is 6.92 Å². The van der Waals surface area contributed by atoms with Crippen LogP contribution in [0.1, 0.15) is 5.56 Å². The quantitative estimate of drug-likeness (QED) is 0.837. The first-order valence-electron chi connectivity index (χ1n) is 5.49. The van der Waals surface area contributed by atoms with Crippen molar-refractivity contribution in [2.75, 3.05) is 30.5 Å². The number of ether oxygens (including phenoxy) is 1. The number of rotatable bonds is 6. The number of carbonyl (C=O) groups is 1. The zero-order valence-corrected chi connectivity index (χ0v) is 11.3. The lowest BCUT2D eigenvalue weighted by Gasteiger charge is -2.06. The van der Waals surface area contributed by atoms with E-state index < -0.39 is 21.5 Å². The summed E-state index contributed by atoms with van der Waals surface area (Å²) in [4.78, 5) is 11.5. The van der Waals surface area contributed by atoms with Crippen LogP contribution in [0.25, 0.3) is 0 Å². The Morgan fingerprint density at radius 2 is 1.89 bits per heavy atom. The first kappa shape index (κ1) is 14.7. The molecule has 1 N–H and O–H groups in total. The third kappa shape index (κ3) is 5.29. The van der Waals surface area contributed by atoms with Gasteiger partial charge in [0.2, 0.25) is 5.91 Å². The van der Waals surface area contributed by atoms with E-state index in [1.54, 1.807) is 12.1 Å². The molecule has 0 atom stereocenters. The second-order valence-electron chi connectivity index (χ2n) is 4.00. The second-order valence-corrected chi connectivity index (χ2v) is 6.18. The molecule has 1 rings (SSSR count). The smallest absolute Gasteiger partial charge is 0.239 e. The summed E-state index contributed by atoms with van der Waals surface area (Å²) in [6.45, 7) is 2.03. The number of hydrogen-bond acceptors (Lipinski definition) is 4. The maximum atomic E-state index is 11.5. The van der Waals surface area contributed by atoms with Gasteiger partial charge in [-0.2, -0.15) is 0 Å². The highest BCUT2D eigenvalue weighted by Crippen LogP contribution is 2.08. The Kier molecular flexibility index (Phi) is 5.30. The maximum absolute atomic E-state index is 11.5. The number of amides is 1. The molecule has 0 radical (unpaired) electrons. The van der Waals surface area contributed by atoms with Crippen molar-refractivity contribution < 1.29 is 17.9 Å². The molecular weight excluding hydrogens is 254 g/mol. The van der Waals surface area contributed by atoms with Gasteiger partial charge in [-0.05, 0) is 19.1 Å². The number of methoxy groups -OCH3 is 1. The number of carbonyl (C=O) groups excluding carboxylic acids is 1. The highest BCUT2D eigenvalue weighted by Gasteiger charge is 2.16. The Hall–Kier alpha value is -1.40. The molecule has 0 heterocycles. The average molecular weight is 271 g/mol. The molecule has 0 aliphatic heterocycles.